The monoisotopic (exact) mass is 271 g/mol. The van der Waals surface area contributed by atoms with Gasteiger partial charge in [-0.3, -0.25) is 5.43 Å². The number of anilines is 4. The molecule has 1 fully saturated rings. The van der Waals surface area contributed by atoms with Crippen molar-refractivity contribution >= 4 is 23.5 Å². The van der Waals surface area contributed by atoms with Gasteiger partial charge in [-0.25, -0.2) is 5.84 Å². The van der Waals surface area contributed by atoms with Gasteiger partial charge in [0.15, 0.2) is 0 Å². The molecule has 1 aliphatic heterocycles. The average molecular weight is 271 g/mol. The predicted molar refractivity (Wildman–Crippen MR) is 78.8 cm³/mol. The summed E-state index contributed by atoms with van der Waals surface area (Å²) in [5.74, 6) is 6.94. The molecule has 4 N–H and O–H groups in total. The molecule has 1 aromatic carbocycles. The van der Waals surface area contributed by atoms with Crippen molar-refractivity contribution in [2.75, 3.05) is 28.7 Å². The summed E-state index contributed by atoms with van der Waals surface area (Å²) in [5.41, 5.74) is 3.41. The molecule has 0 spiro atoms. The molecule has 2 heterocycles. The SMILES string of the molecule is NNc1nc(Nc2ccccc2)nc(N2CCCC2)n1. The van der Waals surface area contributed by atoms with Crippen LogP contribution in [0, 0.1) is 0 Å². The van der Waals surface area contributed by atoms with Gasteiger partial charge in [-0.15, -0.1) is 0 Å². The highest BCUT2D eigenvalue weighted by atomic mass is 15.4. The van der Waals surface area contributed by atoms with Crippen LogP contribution in [0.4, 0.5) is 23.5 Å². The Morgan fingerprint density at radius 2 is 1.65 bits per heavy atom. The third-order valence-electron chi connectivity index (χ3n) is 3.17. The maximum absolute atomic E-state index is 5.43. The van der Waals surface area contributed by atoms with Crippen molar-refractivity contribution in [1.82, 2.24) is 15.0 Å². The first-order chi connectivity index (χ1) is 9.85. The van der Waals surface area contributed by atoms with E-state index in [1.165, 1.54) is 12.8 Å². The van der Waals surface area contributed by atoms with Gasteiger partial charge in [0, 0.05) is 18.8 Å². The van der Waals surface area contributed by atoms with Gasteiger partial charge in [0.2, 0.25) is 17.8 Å². The normalized spacial score (nSPS) is 14.3. The van der Waals surface area contributed by atoms with Crippen molar-refractivity contribution in [2.24, 2.45) is 5.84 Å². The lowest BCUT2D eigenvalue weighted by molar-refractivity contribution is 0.882. The van der Waals surface area contributed by atoms with Gasteiger partial charge in [0.05, 0.1) is 0 Å². The summed E-state index contributed by atoms with van der Waals surface area (Å²) in [6.07, 6.45) is 2.33. The molecule has 0 unspecified atom stereocenters. The molecule has 0 bridgehead atoms. The maximum atomic E-state index is 5.43. The fourth-order valence-corrected chi connectivity index (χ4v) is 2.19. The third-order valence-corrected chi connectivity index (χ3v) is 3.17. The molecule has 3 rings (SSSR count). The Balaban J connectivity index is 1.87. The van der Waals surface area contributed by atoms with E-state index in [1.54, 1.807) is 0 Å². The van der Waals surface area contributed by atoms with Crippen LogP contribution in [0.5, 0.6) is 0 Å². The third kappa shape index (κ3) is 2.77. The molecule has 0 aliphatic carbocycles. The minimum atomic E-state index is 0.361. The van der Waals surface area contributed by atoms with Crippen molar-refractivity contribution in [3.05, 3.63) is 30.3 Å². The molecule has 1 aromatic heterocycles. The van der Waals surface area contributed by atoms with Gasteiger partial charge in [-0.1, -0.05) is 18.2 Å². The highest BCUT2D eigenvalue weighted by Crippen LogP contribution is 2.20. The molecule has 2 aromatic rings. The van der Waals surface area contributed by atoms with Gasteiger partial charge in [-0.2, -0.15) is 15.0 Å². The highest BCUT2D eigenvalue weighted by molar-refractivity contribution is 5.55. The molecular formula is C13H17N7. The Morgan fingerprint density at radius 1 is 0.950 bits per heavy atom. The van der Waals surface area contributed by atoms with Crippen molar-refractivity contribution in [3.63, 3.8) is 0 Å². The number of hydrogen-bond acceptors (Lipinski definition) is 7. The van der Waals surface area contributed by atoms with Crippen LogP contribution in [0.2, 0.25) is 0 Å². The van der Waals surface area contributed by atoms with E-state index >= 15 is 0 Å². The number of nitrogens with two attached hydrogens (primary N) is 1. The van der Waals surface area contributed by atoms with E-state index in [4.69, 9.17) is 5.84 Å². The van der Waals surface area contributed by atoms with E-state index < -0.39 is 0 Å². The smallest absolute Gasteiger partial charge is 0.243 e. The number of nitrogen functional groups attached to an aromatic ring is 1. The first kappa shape index (κ1) is 12.6. The highest BCUT2D eigenvalue weighted by Gasteiger charge is 2.17. The number of hydrogen-bond donors (Lipinski definition) is 3. The Kier molecular flexibility index (Phi) is 3.60. The summed E-state index contributed by atoms with van der Waals surface area (Å²) in [5, 5.41) is 3.16. The predicted octanol–water partition coefficient (Wildman–Crippen LogP) is 1.50. The van der Waals surface area contributed by atoms with Gasteiger partial charge in [-0.05, 0) is 25.0 Å². The number of hydrazine groups is 1. The second kappa shape index (κ2) is 5.70. The largest absolute Gasteiger partial charge is 0.341 e. The zero-order chi connectivity index (χ0) is 13.8. The summed E-state index contributed by atoms with van der Waals surface area (Å²) in [4.78, 5) is 15.1. The van der Waals surface area contributed by atoms with Gasteiger partial charge < -0.3 is 10.2 Å². The number of benzene rings is 1. The molecule has 0 saturated carbocycles. The summed E-state index contributed by atoms with van der Waals surface area (Å²) in [7, 11) is 0. The van der Waals surface area contributed by atoms with Crippen molar-refractivity contribution in [2.45, 2.75) is 12.8 Å². The van der Waals surface area contributed by atoms with Gasteiger partial charge in [0.1, 0.15) is 0 Å². The number of para-hydroxylation sites is 1. The van der Waals surface area contributed by atoms with E-state index in [1.807, 2.05) is 30.3 Å². The summed E-state index contributed by atoms with van der Waals surface area (Å²) >= 11 is 0. The summed E-state index contributed by atoms with van der Waals surface area (Å²) in [6, 6.07) is 9.77. The summed E-state index contributed by atoms with van der Waals surface area (Å²) < 4.78 is 0. The maximum Gasteiger partial charge on any atom is 0.243 e. The van der Waals surface area contributed by atoms with Crippen LogP contribution in [0.15, 0.2) is 30.3 Å². The first-order valence-corrected chi connectivity index (χ1v) is 6.65. The quantitative estimate of drug-likeness (QED) is 0.573. The van der Waals surface area contributed by atoms with Crippen molar-refractivity contribution in [3.8, 4) is 0 Å². The van der Waals surface area contributed by atoms with Crippen molar-refractivity contribution in [1.29, 1.82) is 0 Å². The molecule has 7 heteroatoms. The molecule has 7 nitrogen and oxygen atoms in total. The van der Waals surface area contributed by atoms with Crippen LogP contribution in [-0.2, 0) is 0 Å². The fourth-order valence-electron chi connectivity index (χ4n) is 2.19. The van der Waals surface area contributed by atoms with E-state index in [0.29, 0.717) is 17.8 Å². The van der Waals surface area contributed by atoms with Crippen LogP contribution < -0.4 is 21.5 Å². The Morgan fingerprint density at radius 3 is 2.35 bits per heavy atom. The van der Waals surface area contributed by atoms with Crippen LogP contribution in [0.3, 0.4) is 0 Å². The number of nitrogens with one attached hydrogen (secondary N) is 2. The van der Waals surface area contributed by atoms with Crippen LogP contribution >= 0.6 is 0 Å². The Bertz CT molecular complexity index is 566. The van der Waals surface area contributed by atoms with E-state index in [2.05, 4.69) is 30.6 Å². The number of nitrogens with zero attached hydrogens (tertiary/aromatic N) is 4. The van der Waals surface area contributed by atoms with Crippen LogP contribution in [-0.4, -0.2) is 28.0 Å². The lowest BCUT2D eigenvalue weighted by Crippen LogP contribution is -2.23. The molecule has 104 valence electrons. The standard InChI is InChI=1S/C13H17N7/c14-19-12-16-11(15-10-6-2-1-3-7-10)17-13(18-12)20-8-4-5-9-20/h1-3,6-7H,4-5,8-9,14H2,(H2,15,16,17,18,19). The zero-order valence-corrected chi connectivity index (χ0v) is 11.1. The summed E-state index contributed by atoms with van der Waals surface area (Å²) in [6.45, 7) is 1.94. The lowest BCUT2D eigenvalue weighted by atomic mass is 10.3. The second-order valence-electron chi connectivity index (χ2n) is 4.61. The average Bonchev–Trinajstić information content (AvgIpc) is 3.02. The number of rotatable bonds is 4. The molecule has 1 saturated heterocycles. The Hall–Kier alpha value is -2.41. The minimum Gasteiger partial charge on any atom is -0.341 e. The second-order valence-corrected chi connectivity index (χ2v) is 4.61. The van der Waals surface area contributed by atoms with Gasteiger partial charge in [0.25, 0.3) is 0 Å². The molecule has 0 amide bonds. The Labute approximate surface area is 117 Å². The fraction of sp³-hybridized carbons (Fsp3) is 0.308. The molecule has 20 heavy (non-hydrogen) atoms. The van der Waals surface area contributed by atoms with E-state index in [0.717, 1.165) is 18.8 Å². The molecular weight excluding hydrogens is 254 g/mol. The molecule has 0 radical (unpaired) electrons. The van der Waals surface area contributed by atoms with Crippen molar-refractivity contribution < 1.29 is 0 Å². The number of aromatic nitrogens is 3. The topological polar surface area (TPSA) is 92.0 Å². The lowest BCUT2D eigenvalue weighted by Gasteiger charge is -2.16. The first-order valence-electron chi connectivity index (χ1n) is 6.65. The van der Waals surface area contributed by atoms with E-state index in [-0.39, 0.29) is 0 Å². The zero-order valence-electron chi connectivity index (χ0n) is 11.1. The van der Waals surface area contributed by atoms with Crippen LogP contribution in [0.1, 0.15) is 12.8 Å². The van der Waals surface area contributed by atoms with Crippen LogP contribution in [0.25, 0.3) is 0 Å². The molecule has 0 atom stereocenters. The van der Waals surface area contributed by atoms with Gasteiger partial charge >= 0.3 is 0 Å². The molecule has 1 aliphatic rings. The minimum absolute atomic E-state index is 0.361. The van der Waals surface area contributed by atoms with E-state index in [9.17, 15) is 0 Å².